The van der Waals surface area contributed by atoms with Gasteiger partial charge in [0.1, 0.15) is 0 Å². The molecule has 0 aliphatic rings. The van der Waals surface area contributed by atoms with Crippen molar-refractivity contribution in [2.45, 2.75) is 0 Å². The van der Waals surface area contributed by atoms with E-state index in [4.69, 9.17) is 19.9 Å². The molecule has 0 saturated carbocycles. The summed E-state index contributed by atoms with van der Waals surface area (Å²) in [4.78, 5) is 20.1. The number of benzene rings is 17. The summed E-state index contributed by atoms with van der Waals surface area (Å²) in [7, 11) is 0. The maximum absolute atomic E-state index is 5.10. The fraction of sp³-hybridized carbons (Fsp3) is 0. The molecule has 532 valence electrons. The maximum atomic E-state index is 5.10. The minimum Gasteiger partial charge on any atom is -0.309 e. The van der Waals surface area contributed by atoms with Crippen molar-refractivity contribution in [2.24, 2.45) is 0 Å². The molecule has 23 rings (SSSR count). The van der Waals surface area contributed by atoms with Crippen LogP contribution < -0.4 is 0 Å². The molecule has 0 aliphatic carbocycles. The zero-order chi connectivity index (χ0) is 75.2. The predicted octanol–water partition coefficient (Wildman–Crippen LogP) is 29.2. The van der Waals surface area contributed by atoms with E-state index in [0.717, 1.165) is 89.6 Å². The van der Waals surface area contributed by atoms with E-state index in [2.05, 4.69) is 373 Å². The summed E-state index contributed by atoms with van der Waals surface area (Å²) in [6.45, 7) is 0. The minimum atomic E-state index is 0.720. The molecule has 0 radical (unpaired) electrons. The first-order valence-electron chi connectivity index (χ1n) is 38.5. The molecule has 6 aromatic heterocycles. The van der Waals surface area contributed by atoms with Crippen molar-refractivity contribution in [3.8, 4) is 112 Å². The van der Waals surface area contributed by atoms with E-state index in [9.17, 15) is 0 Å². The Balaban J connectivity index is 0.000000140. The van der Waals surface area contributed by atoms with Crippen LogP contribution in [0.15, 0.2) is 400 Å². The van der Waals surface area contributed by atoms with Crippen molar-refractivity contribution in [1.82, 2.24) is 29.1 Å². The highest BCUT2D eigenvalue weighted by atomic mass is 32.1. The molecular weight excluding hydrogens is 1420 g/mol. The molecule has 0 N–H and O–H groups in total. The molecule has 6 heterocycles. The highest BCUT2D eigenvalue weighted by Crippen LogP contribution is 2.43. The summed E-state index contributed by atoms with van der Waals surface area (Å²) in [5, 5.41) is 12.4. The van der Waals surface area contributed by atoms with Crippen molar-refractivity contribution >= 4 is 128 Å². The molecule has 23 aromatic rings. The average molecular weight is 1490 g/mol. The molecule has 17 aromatic carbocycles. The number of aromatic nitrogens is 6. The lowest BCUT2D eigenvalue weighted by Crippen LogP contribution is -1.97. The summed E-state index contributed by atoms with van der Waals surface area (Å²) < 4.78 is 10.1. The molecule has 0 aliphatic heterocycles. The third kappa shape index (κ3) is 11.8. The van der Waals surface area contributed by atoms with Crippen LogP contribution in [0.25, 0.3) is 218 Å². The first-order valence-corrected chi connectivity index (χ1v) is 40.2. The molecule has 0 amide bonds. The van der Waals surface area contributed by atoms with E-state index in [1.54, 1.807) is 0 Å². The number of para-hydroxylation sites is 4. The normalized spacial score (nSPS) is 11.7. The van der Waals surface area contributed by atoms with Crippen LogP contribution >= 0.6 is 22.7 Å². The van der Waals surface area contributed by atoms with Gasteiger partial charge in [-0.1, -0.05) is 279 Å². The van der Waals surface area contributed by atoms with Gasteiger partial charge in [0.2, 0.25) is 0 Å². The van der Waals surface area contributed by atoms with Crippen molar-refractivity contribution < 1.29 is 0 Å². The van der Waals surface area contributed by atoms with E-state index in [1.807, 2.05) is 59.1 Å². The second-order valence-electron chi connectivity index (χ2n) is 29.2. The lowest BCUT2D eigenvalue weighted by atomic mass is 9.98. The summed E-state index contributed by atoms with van der Waals surface area (Å²) in [5.74, 6) is 1.44. The fourth-order valence-electron chi connectivity index (χ4n) is 16.8. The first kappa shape index (κ1) is 66.4. The lowest BCUT2D eigenvalue weighted by molar-refractivity contribution is 1.17. The van der Waals surface area contributed by atoms with E-state index < -0.39 is 0 Å². The van der Waals surface area contributed by atoms with Gasteiger partial charge in [0.25, 0.3) is 0 Å². The predicted molar refractivity (Wildman–Crippen MR) is 482 cm³/mol. The highest BCUT2D eigenvalue weighted by Gasteiger charge is 2.20. The Kier molecular flexibility index (Phi) is 16.2. The molecule has 0 saturated heterocycles. The number of nitrogens with zero attached hydrogens (tertiary/aromatic N) is 6. The van der Waals surface area contributed by atoms with Crippen LogP contribution in [0.5, 0.6) is 0 Å². The second kappa shape index (κ2) is 27.8. The van der Waals surface area contributed by atoms with Crippen LogP contribution in [0.4, 0.5) is 0 Å². The lowest BCUT2D eigenvalue weighted by Gasteiger charge is -2.11. The zero-order valence-corrected chi connectivity index (χ0v) is 63.2. The Morgan fingerprint density at radius 1 is 0.167 bits per heavy atom. The Morgan fingerprint density at radius 3 is 0.842 bits per heavy atom. The molecule has 0 fully saturated rings. The van der Waals surface area contributed by atoms with Crippen LogP contribution in [-0.4, -0.2) is 29.1 Å². The van der Waals surface area contributed by atoms with Gasteiger partial charge < -0.3 is 9.13 Å². The summed E-state index contributed by atoms with van der Waals surface area (Å²) in [5.41, 5.74) is 26.9. The van der Waals surface area contributed by atoms with Gasteiger partial charge in [-0.25, -0.2) is 19.9 Å². The Bertz CT molecular complexity index is 7670. The van der Waals surface area contributed by atoms with Gasteiger partial charge in [-0.05, 0) is 177 Å². The number of thiophene rings is 2. The molecule has 114 heavy (non-hydrogen) atoms. The number of hydrogen-bond donors (Lipinski definition) is 0. The van der Waals surface area contributed by atoms with Crippen LogP contribution in [0, 0.1) is 0 Å². The minimum absolute atomic E-state index is 0.720. The third-order valence-electron chi connectivity index (χ3n) is 22.5. The Hall–Kier alpha value is -14.5. The van der Waals surface area contributed by atoms with Crippen molar-refractivity contribution in [3.63, 3.8) is 0 Å². The third-order valence-corrected chi connectivity index (χ3v) is 24.8. The van der Waals surface area contributed by atoms with Crippen molar-refractivity contribution in [2.75, 3.05) is 0 Å². The number of hydrogen-bond acceptors (Lipinski definition) is 6. The Morgan fingerprint density at radius 2 is 0.439 bits per heavy atom. The van der Waals surface area contributed by atoms with Crippen LogP contribution in [-0.2, 0) is 0 Å². The zero-order valence-electron chi connectivity index (χ0n) is 61.6. The van der Waals surface area contributed by atoms with E-state index in [0.29, 0.717) is 0 Å². The summed E-state index contributed by atoms with van der Waals surface area (Å²) in [6, 6.07) is 144. The van der Waals surface area contributed by atoms with E-state index in [1.165, 1.54) is 128 Å². The van der Waals surface area contributed by atoms with Gasteiger partial charge in [-0.15, -0.1) is 22.7 Å². The number of rotatable bonds is 11. The van der Waals surface area contributed by atoms with Gasteiger partial charge in [0.05, 0.1) is 44.5 Å². The molecule has 8 heteroatoms. The first-order chi connectivity index (χ1) is 56.5. The standard InChI is InChI=1S/C56H35N3S.C50H31N3S/c1-2-10-40(11-3-1)55-47-14-4-7-15-50(47)57-56(58-55)41-24-22-36(23-25-41)37-26-30-44(31-27-37)59-51-16-8-5-12-45(51)48-34-42(28-32-52(48)59)38-18-20-39(21-19-38)43-29-33-54-49(35-43)46-13-6-9-17-53(46)60-54;1-2-10-34(11-3-1)49-41-14-4-7-15-44(41)51-50(52-49)35-22-26-38(27-23-35)53-45-16-8-5-12-39(45)42-30-36(24-28-46(42)53)32-18-20-33(21-19-32)37-25-29-48-43(31-37)40-13-6-9-17-47(40)54-48/h1-35H;1-31H. The molecule has 0 atom stereocenters. The molecule has 6 nitrogen and oxygen atoms in total. The van der Waals surface area contributed by atoms with Gasteiger partial charge >= 0.3 is 0 Å². The average Bonchev–Trinajstić information content (AvgIpc) is 1.57. The SMILES string of the molecule is c1ccc(-c2nc(-c3ccc(-c4ccc(-n5c6ccccc6c6cc(-c7ccc(-c8ccc9sc%10ccccc%10c9c8)cc7)ccc65)cc4)cc3)nc3ccccc23)cc1.c1ccc(-c2nc(-c3ccc(-n4c5ccccc5c5cc(-c6ccc(-c7ccc8sc9ccccc9c8c7)cc6)ccc54)cc3)nc3ccccc23)cc1. The monoisotopic (exact) mass is 1490 g/mol. The van der Waals surface area contributed by atoms with Gasteiger partial charge in [0, 0.05) is 106 Å². The molecule has 0 unspecified atom stereocenters. The Labute approximate surface area is 665 Å². The topological polar surface area (TPSA) is 61.4 Å². The fourth-order valence-corrected chi connectivity index (χ4v) is 19.0. The van der Waals surface area contributed by atoms with Crippen molar-refractivity contribution in [1.29, 1.82) is 0 Å². The van der Waals surface area contributed by atoms with Crippen LogP contribution in [0.1, 0.15) is 0 Å². The van der Waals surface area contributed by atoms with Crippen LogP contribution in [0.3, 0.4) is 0 Å². The van der Waals surface area contributed by atoms with Gasteiger partial charge in [-0.3, -0.25) is 0 Å². The molecule has 0 spiro atoms. The van der Waals surface area contributed by atoms with E-state index >= 15 is 0 Å². The van der Waals surface area contributed by atoms with Crippen molar-refractivity contribution in [3.05, 3.63) is 400 Å². The summed E-state index contributed by atoms with van der Waals surface area (Å²) >= 11 is 3.72. The summed E-state index contributed by atoms with van der Waals surface area (Å²) in [6.07, 6.45) is 0. The maximum Gasteiger partial charge on any atom is 0.160 e. The van der Waals surface area contributed by atoms with Gasteiger partial charge in [0.15, 0.2) is 11.6 Å². The van der Waals surface area contributed by atoms with Crippen LogP contribution in [0.2, 0.25) is 0 Å². The quantitative estimate of drug-likeness (QED) is 0.129. The highest BCUT2D eigenvalue weighted by molar-refractivity contribution is 7.26. The van der Waals surface area contributed by atoms with Gasteiger partial charge in [-0.2, -0.15) is 0 Å². The second-order valence-corrected chi connectivity index (χ2v) is 31.3. The smallest absolute Gasteiger partial charge is 0.160 e. The number of fused-ring (bicyclic) bond motifs is 14. The molecular formula is C106H66N6S2. The largest absolute Gasteiger partial charge is 0.309 e. The molecule has 0 bridgehead atoms. The van der Waals surface area contributed by atoms with E-state index in [-0.39, 0.29) is 0 Å².